The predicted molar refractivity (Wildman–Crippen MR) is 89.9 cm³/mol. The fourth-order valence-corrected chi connectivity index (χ4v) is 2.53. The summed E-state index contributed by atoms with van der Waals surface area (Å²) in [5, 5.41) is 11.7. The first-order valence-electron chi connectivity index (χ1n) is 7.37. The Morgan fingerprint density at radius 3 is 2.78 bits per heavy atom. The molecule has 6 nitrogen and oxygen atoms in total. The highest BCUT2D eigenvalue weighted by molar-refractivity contribution is 6.07. The number of nitrogens with one attached hydrogen (secondary N) is 1. The van der Waals surface area contributed by atoms with Gasteiger partial charge >= 0.3 is 0 Å². The average molecular weight is 307 g/mol. The molecule has 0 atom stereocenters. The molecule has 23 heavy (non-hydrogen) atoms. The zero-order chi connectivity index (χ0) is 16.4. The lowest BCUT2D eigenvalue weighted by molar-refractivity contribution is 0.0951. The summed E-state index contributed by atoms with van der Waals surface area (Å²) < 4.78 is 0. The molecular formula is C17H17N5O. The highest BCUT2D eigenvalue weighted by atomic mass is 16.1. The maximum absolute atomic E-state index is 12.0. The molecule has 0 aliphatic heterocycles. The lowest BCUT2D eigenvalue weighted by Gasteiger charge is -2.11. The van der Waals surface area contributed by atoms with Crippen molar-refractivity contribution in [3.8, 4) is 11.1 Å². The van der Waals surface area contributed by atoms with Crippen LogP contribution in [0.1, 0.15) is 23.0 Å². The number of benzene rings is 1. The molecule has 0 unspecified atom stereocenters. The van der Waals surface area contributed by atoms with Gasteiger partial charge in [0.15, 0.2) is 5.69 Å². The molecule has 1 amide bonds. The van der Waals surface area contributed by atoms with Gasteiger partial charge in [-0.15, -0.1) is 10.2 Å². The van der Waals surface area contributed by atoms with Crippen LogP contribution in [0.15, 0.2) is 36.7 Å². The van der Waals surface area contributed by atoms with Gasteiger partial charge in [0.25, 0.3) is 5.91 Å². The van der Waals surface area contributed by atoms with Gasteiger partial charge in [-0.3, -0.25) is 9.78 Å². The molecule has 0 fully saturated rings. The van der Waals surface area contributed by atoms with Crippen molar-refractivity contribution in [2.75, 3.05) is 12.3 Å². The van der Waals surface area contributed by atoms with Crippen molar-refractivity contribution in [2.24, 2.45) is 0 Å². The minimum absolute atomic E-state index is 0.152. The summed E-state index contributed by atoms with van der Waals surface area (Å²) >= 11 is 0. The van der Waals surface area contributed by atoms with Crippen LogP contribution < -0.4 is 11.1 Å². The van der Waals surface area contributed by atoms with Crippen LogP contribution in [0.3, 0.4) is 0 Å². The van der Waals surface area contributed by atoms with Gasteiger partial charge < -0.3 is 11.1 Å². The summed E-state index contributed by atoms with van der Waals surface area (Å²) in [6, 6.07) is 7.63. The number of hydrogen-bond acceptors (Lipinski definition) is 5. The first kappa shape index (κ1) is 14.9. The standard InChI is InChI=1S/C17H17N5O/c1-3-20-17(23)16-14(18)12-6-4-5-11(15(12)21-22-16)13-9-19-8-7-10(13)2/h4-9H,3H2,1-2H3,(H2,18,21)(H,20,23). The van der Waals surface area contributed by atoms with Gasteiger partial charge in [0, 0.05) is 35.5 Å². The number of fused-ring (bicyclic) bond motifs is 1. The number of carbonyl (C=O) groups is 1. The SMILES string of the molecule is CCNC(=O)c1nnc2c(-c3cnccc3C)cccc2c1N. The number of nitrogens with two attached hydrogens (primary N) is 1. The monoisotopic (exact) mass is 307 g/mol. The number of carbonyl (C=O) groups excluding carboxylic acids is 1. The van der Waals surface area contributed by atoms with Crippen LogP contribution in [0.2, 0.25) is 0 Å². The molecule has 116 valence electrons. The van der Waals surface area contributed by atoms with E-state index in [1.54, 1.807) is 12.4 Å². The smallest absolute Gasteiger partial charge is 0.273 e. The van der Waals surface area contributed by atoms with Crippen LogP contribution in [0.4, 0.5) is 5.69 Å². The number of aryl methyl sites for hydroxylation is 1. The molecule has 3 aromatic rings. The maximum Gasteiger partial charge on any atom is 0.273 e. The van der Waals surface area contributed by atoms with E-state index in [9.17, 15) is 4.79 Å². The molecule has 0 radical (unpaired) electrons. The van der Waals surface area contributed by atoms with Crippen LogP contribution >= 0.6 is 0 Å². The molecule has 0 bridgehead atoms. The lowest BCUT2D eigenvalue weighted by atomic mass is 9.99. The number of nitrogens with zero attached hydrogens (tertiary/aromatic N) is 3. The highest BCUT2D eigenvalue weighted by Crippen LogP contribution is 2.31. The van der Waals surface area contributed by atoms with E-state index in [4.69, 9.17) is 5.73 Å². The fourth-order valence-electron chi connectivity index (χ4n) is 2.53. The van der Waals surface area contributed by atoms with E-state index in [1.807, 2.05) is 38.1 Å². The Balaban J connectivity index is 2.23. The normalized spacial score (nSPS) is 10.7. The van der Waals surface area contributed by atoms with Gasteiger partial charge in [-0.05, 0) is 25.5 Å². The van der Waals surface area contributed by atoms with Crippen LogP contribution in [-0.4, -0.2) is 27.6 Å². The molecule has 3 rings (SSSR count). The minimum atomic E-state index is -0.317. The second-order valence-corrected chi connectivity index (χ2v) is 5.21. The largest absolute Gasteiger partial charge is 0.396 e. The van der Waals surface area contributed by atoms with Crippen LogP contribution in [0.5, 0.6) is 0 Å². The zero-order valence-electron chi connectivity index (χ0n) is 13.0. The van der Waals surface area contributed by atoms with E-state index in [0.29, 0.717) is 23.1 Å². The molecule has 2 aromatic heterocycles. The molecule has 3 N–H and O–H groups in total. The first-order chi connectivity index (χ1) is 11.1. The zero-order valence-corrected chi connectivity index (χ0v) is 13.0. The van der Waals surface area contributed by atoms with E-state index in [2.05, 4.69) is 20.5 Å². The van der Waals surface area contributed by atoms with Crippen molar-refractivity contribution in [3.05, 3.63) is 47.9 Å². The van der Waals surface area contributed by atoms with E-state index in [1.165, 1.54) is 0 Å². The average Bonchev–Trinajstić information content (AvgIpc) is 2.55. The van der Waals surface area contributed by atoms with Gasteiger partial charge in [0.05, 0.1) is 5.69 Å². The molecule has 6 heteroatoms. The maximum atomic E-state index is 12.0. The third kappa shape index (κ3) is 2.59. The van der Waals surface area contributed by atoms with Crippen molar-refractivity contribution in [1.29, 1.82) is 0 Å². The number of anilines is 1. The van der Waals surface area contributed by atoms with E-state index < -0.39 is 0 Å². The van der Waals surface area contributed by atoms with Crippen molar-refractivity contribution >= 4 is 22.5 Å². The number of rotatable bonds is 3. The topological polar surface area (TPSA) is 93.8 Å². The second kappa shape index (κ2) is 6.00. The summed E-state index contributed by atoms with van der Waals surface area (Å²) in [5.41, 5.74) is 10.3. The predicted octanol–water partition coefficient (Wildman–Crippen LogP) is 2.33. The third-order valence-corrected chi connectivity index (χ3v) is 3.71. The molecule has 0 saturated carbocycles. The summed E-state index contributed by atoms with van der Waals surface area (Å²) in [6.07, 6.45) is 3.54. The summed E-state index contributed by atoms with van der Waals surface area (Å²) in [4.78, 5) is 16.2. The molecule has 0 spiro atoms. The Hall–Kier alpha value is -3.02. The quantitative estimate of drug-likeness (QED) is 0.774. The van der Waals surface area contributed by atoms with E-state index in [0.717, 1.165) is 16.7 Å². The van der Waals surface area contributed by atoms with Gasteiger partial charge in [0.1, 0.15) is 5.52 Å². The Morgan fingerprint density at radius 1 is 1.22 bits per heavy atom. The van der Waals surface area contributed by atoms with Crippen LogP contribution in [-0.2, 0) is 0 Å². The van der Waals surface area contributed by atoms with Gasteiger partial charge in [-0.2, -0.15) is 0 Å². The Kier molecular flexibility index (Phi) is 3.89. The van der Waals surface area contributed by atoms with E-state index >= 15 is 0 Å². The fraction of sp³-hybridized carbons (Fsp3) is 0.176. The van der Waals surface area contributed by atoms with Gasteiger partial charge in [0.2, 0.25) is 0 Å². The molecular weight excluding hydrogens is 290 g/mol. The first-order valence-corrected chi connectivity index (χ1v) is 7.37. The molecule has 0 saturated heterocycles. The van der Waals surface area contributed by atoms with Crippen molar-refractivity contribution < 1.29 is 4.79 Å². The van der Waals surface area contributed by atoms with Gasteiger partial charge in [-0.25, -0.2) is 0 Å². The number of nitrogen functional groups attached to an aromatic ring is 1. The Bertz CT molecular complexity index is 891. The Morgan fingerprint density at radius 2 is 2.04 bits per heavy atom. The third-order valence-electron chi connectivity index (χ3n) is 3.71. The van der Waals surface area contributed by atoms with E-state index in [-0.39, 0.29) is 11.6 Å². The lowest BCUT2D eigenvalue weighted by Crippen LogP contribution is -2.25. The number of aromatic nitrogens is 3. The highest BCUT2D eigenvalue weighted by Gasteiger charge is 2.17. The molecule has 0 aliphatic carbocycles. The summed E-state index contributed by atoms with van der Waals surface area (Å²) in [5.74, 6) is -0.317. The number of hydrogen-bond donors (Lipinski definition) is 2. The minimum Gasteiger partial charge on any atom is -0.396 e. The van der Waals surface area contributed by atoms with Crippen LogP contribution in [0.25, 0.3) is 22.0 Å². The van der Waals surface area contributed by atoms with Crippen molar-refractivity contribution in [3.63, 3.8) is 0 Å². The van der Waals surface area contributed by atoms with Gasteiger partial charge in [-0.1, -0.05) is 18.2 Å². The molecule has 1 aromatic carbocycles. The van der Waals surface area contributed by atoms with Crippen molar-refractivity contribution in [1.82, 2.24) is 20.5 Å². The number of pyridine rings is 1. The Labute approximate surface area is 133 Å². The van der Waals surface area contributed by atoms with Crippen LogP contribution in [0, 0.1) is 6.92 Å². The second-order valence-electron chi connectivity index (χ2n) is 5.21. The summed E-state index contributed by atoms with van der Waals surface area (Å²) in [6.45, 7) is 4.36. The number of amides is 1. The molecule has 2 heterocycles. The summed E-state index contributed by atoms with van der Waals surface area (Å²) in [7, 11) is 0. The molecule has 0 aliphatic rings. The van der Waals surface area contributed by atoms with Crippen molar-refractivity contribution in [2.45, 2.75) is 13.8 Å².